The number of nitrogens with zero attached hydrogens (tertiary/aromatic N) is 3. The monoisotopic (exact) mass is 266 g/mol. The van der Waals surface area contributed by atoms with Gasteiger partial charge in [-0.1, -0.05) is 5.21 Å². The molecule has 1 aliphatic rings. The van der Waals surface area contributed by atoms with E-state index in [0.29, 0.717) is 18.9 Å². The molecule has 1 amide bonds. The molecule has 2 rings (SSSR count). The average molecular weight is 266 g/mol. The minimum absolute atomic E-state index is 0.0372. The van der Waals surface area contributed by atoms with Gasteiger partial charge < -0.3 is 10.4 Å². The highest BCUT2D eigenvalue weighted by molar-refractivity contribution is 5.76. The molecule has 0 radical (unpaired) electrons. The van der Waals surface area contributed by atoms with Crippen LogP contribution in [0.2, 0.25) is 0 Å². The first-order chi connectivity index (χ1) is 9.13. The molecule has 0 saturated heterocycles. The Morgan fingerprint density at radius 3 is 2.89 bits per heavy atom. The van der Waals surface area contributed by atoms with Gasteiger partial charge in [0, 0.05) is 18.7 Å². The zero-order chi connectivity index (χ0) is 13.7. The molecule has 1 aliphatic carbocycles. The van der Waals surface area contributed by atoms with E-state index in [1.807, 2.05) is 0 Å². The van der Waals surface area contributed by atoms with Gasteiger partial charge >= 0.3 is 5.97 Å². The smallest absolute Gasteiger partial charge is 0.303 e. The molecule has 19 heavy (non-hydrogen) atoms. The molecule has 0 spiro atoms. The topological polar surface area (TPSA) is 97.1 Å². The summed E-state index contributed by atoms with van der Waals surface area (Å²) in [5, 5.41) is 19.3. The van der Waals surface area contributed by atoms with E-state index < -0.39 is 5.97 Å². The standard InChI is InChI=1S/C12H18N4O3/c17-11(13-9-5-6-9)8-16-7-10(14-15-16)3-1-2-4-12(18)19/h7,9H,1-6,8H2,(H,13,17)(H,18,19). The maximum Gasteiger partial charge on any atom is 0.303 e. The van der Waals surface area contributed by atoms with Gasteiger partial charge in [0.1, 0.15) is 6.54 Å². The summed E-state index contributed by atoms with van der Waals surface area (Å²) in [6, 6.07) is 0.353. The predicted molar refractivity (Wildman–Crippen MR) is 66.4 cm³/mol. The Morgan fingerprint density at radius 2 is 2.21 bits per heavy atom. The number of carboxylic acid groups (broad SMARTS) is 1. The van der Waals surface area contributed by atoms with Crippen molar-refractivity contribution in [2.75, 3.05) is 0 Å². The van der Waals surface area contributed by atoms with Crippen molar-refractivity contribution in [3.05, 3.63) is 11.9 Å². The lowest BCUT2D eigenvalue weighted by Crippen LogP contribution is -2.29. The zero-order valence-corrected chi connectivity index (χ0v) is 10.7. The van der Waals surface area contributed by atoms with Crippen LogP contribution in [0.5, 0.6) is 0 Å². The SMILES string of the molecule is O=C(O)CCCCc1cn(CC(=O)NC2CC2)nn1. The van der Waals surface area contributed by atoms with E-state index in [0.717, 1.165) is 25.0 Å². The van der Waals surface area contributed by atoms with Crippen molar-refractivity contribution in [3.63, 3.8) is 0 Å². The summed E-state index contributed by atoms with van der Waals surface area (Å²) in [6.45, 7) is 0.193. The molecular formula is C12H18N4O3. The highest BCUT2D eigenvalue weighted by Gasteiger charge is 2.23. The molecule has 1 aromatic rings. The van der Waals surface area contributed by atoms with Crippen LogP contribution in [0.3, 0.4) is 0 Å². The van der Waals surface area contributed by atoms with Gasteiger partial charge in [-0.15, -0.1) is 5.10 Å². The largest absolute Gasteiger partial charge is 0.481 e. The molecule has 0 bridgehead atoms. The average Bonchev–Trinajstić information content (AvgIpc) is 3.03. The van der Waals surface area contributed by atoms with E-state index in [9.17, 15) is 9.59 Å². The fourth-order valence-corrected chi connectivity index (χ4v) is 1.76. The second kappa shape index (κ2) is 6.31. The van der Waals surface area contributed by atoms with Crippen LogP contribution in [0.4, 0.5) is 0 Å². The first-order valence-electron chi connectivity index (χ1n) is 6.53. The van der Waals surface area contributed by atoms with E-state index >= 15 is 0 Å². The number of carbonyl (C=O) groups is 2. The Balaban J connectivity index is 1.68. The summed E-state index contributed by atoms with van der Waals surface area (Å²) in [4.78, 5) is 21.9. The highest BCUT2D eigenvalue weighted by atomic mass is 16.4. The molecule has 1 saturated carbocycles. The predicted octanol–water partition coefficient (Wildman–Crippen LogP) is 0.354. The molecule has 0 aromatic carbocycles. The van der Waals surface area contributed by atoms with Gasteiger partial charge in [0.05, 0.1) is 5.69 Å². The Bertz CT molecular complexity index is 454. The van der Waals surface area contributed by atoms with Crippen LogP contribution in [-0.4, -0.2) is 38.0 Å². The summed E-state index contributed by atoms with van der Waals surface area (Å²) >= 11 is 0. The van der Waals surface area contributed by atoms with E-state index in [1.54, 1.807) is 6.20 Å². The van der Waals surface area contributed by atoms with Crippen LogP contribution < -0.4 is 5.32 Å². The Labute approximate surface area is 111 Å². The van der Waals surface area contributed by atoms with Gasteiger partial charge in [0.25, 0.3) is 0 Å². The van der Waals surface area contributed by atoms with Crippen molar-refractivity contribution >= 4 is 11.9 Å². The number of hydrogen-bond acceptors (Lipinski definition) is 4. The number of amides is 1. The molecule has 2 N–H and O–H groups in total. The number of unbranched alkanes of at least 4 members (excludes halogenated alkanes) is 1. The minimum Gasteiger partial charge on any atom is -0.481 e. The molecule has 1 aromatic heterocycles. The number of hydrogen-bond donors (Lipinski definition) is 2. The lowest BCUT2D eigenvalue weighted by molar-refractivity contribution is -0.137. The number of carboxylic acids is 1. The van der Waals surface area contributed by atoms with E-state index in [-0.39, 0.29) is 18.9 Å². The third-order valence-corrected chi connectivity index (χ3v) is 2.91. The van der Waals surface area contributed by atoms with Gasteiger partial charge in [-0.05, 0) is 32.1 Å². The first kappa shape index (κ1) is 13.5. The quantitative estimate of drug-likeness (QED) is 0.662. The lowest BCUT2D eigenvalue weighted by Gasteiger charge is -2.01. The number of aliphatic carboxylic acids is 1. The molecule has 104 valence electrons. The number of nitrogens with one attached hydrogen (secondary N) is 1. The van der Waals surface area contributed by atoms with Crippen LogP contribution >= 0.6 is 0 Å². The molecule has 0 unspecified atom stereocenters. The molecule has 7 heteroatoms. The van der Waals surface area contributed by atoms with Gasteiger partial charge in [-0.25, -0.2) is 4.68 Å². The Hall–Kier alpha value is -1.92. The van der Waals surface area contributed by atoms with E-state index in [2.05, 4.69) is 15.6 Å². The lowest BCUT2D eigenvalue weighted by atomic mass is 10.1. The van der Waals surface area contributed by atoms with Crippen molar-refractivity contribution in [2.45, 2.75) is 51.1 Å². The fourth-order valence-electron chi connectivity index (χ4n) is 1.76. The van der Waals surface area contributed by atoms with Crippen LogP contribution in [-0.2, 0) is 22.6 Å². The summed E-state index contributed by atoms with van der Waals surface area (Å²) in [5.41, 5.74) is 0.796. The molecular weight excluding hydrogens is 248 g/mol. The summed E-state index contributed by atoms with van der Waals surface area (Å²) < 4.78 is 1.52. The fraction of sp³-hybridized carbons (Fsp3) is 0.667. The summed E-state index contributed by atoms with van der Waals surface area (Å²) in [6.07, 6.45) is 6.14. The molecule has 1 fully saturated rings. The molecule has 1 heterocycles. The Morgan fingerprint density at radius 1 is 1.42 bits per heavy atom. The second-order valence-corrected chi connectivity index (χ2v) is 4.85. The molecule has 0 aliphatic heterocycles. The van der Waals surface area contributed by atoms with Crippen molar-refractivity contribution in [1.29, 1.82) is 0 Å². The van der Waals surface area contributed by atoms with Crippen LogP contribution in [0.15, 0.2) is 6.20 Å². The summed E-state index contributed by atoms with van der Waals surface area (Å²) in [5.74, 6) is -0.815. The number of rotatable bonds is 8. The van der Waals surface area contributed by atoms with Crippen molar-refractivity contribution in [1.82, 2.24) is 20.3 Å². The maximum atomic E-state index is 11.5. The second-order valence-electron chi connectivity index (χ2n) is 4.85. The summed E-state index contributed by atoms with van der Waals surface area (Å²) in [7, 11) is 0. The van der Waals surface area contributed by atoms with Gasteiger partial charge in [-0.2, -0.15) is 0 Å². The van der Waals surface area contributed by atoms with Crippen molar-refractivity contribution in [3.8, 4) is 0 Å². The third kappa shape index (κ3) is 5.07. The molecule has 7 nitrogen and oxygen atoms in total. The van der Waals surface area contributed by atoms with Gasteiger partial charge in [0.15, 0.2) is 0 Å². The van der Waals surface area contributed by atoms with Crippen molar-refractivity contribution in [2.24, 2.45) is 0 Å². The van der Waals surface area contributed by atoms with Crippen LogP contribution in [0, 0.1) is 0 Å². The van der Waals surface area contributed by atoms with E-state index in [4.69, 9.17) is 5.11 Å². The van der Waals surface area contributed by atoms with Gasteiger partial charge in [-0.3, -0.25) is 9.59 Å². The first-order valence-corrected chi connectivity index (χ1v) is 6.53. The number of aryl methyl sites for hydroxylation is 1. The van der Waals surface area contributed by atoms with Crippen LogP contribution in [0.25, 0.3) is 0 Å². The minimum atomic E-state index is -0.777. The Kier molecular flexibility index (Phi) is 4.48. The maximum absolute atomic E-state index is 11.5. The third-order valence-electron chi connectivity index (χ3n) is 2.91. The number of carbonyl (C=O) groups excluding carboxylic acids is 1. The van der Waals surface area contributed by atoms with Gasteiger partial charge in [0.2, 0.25) is 5.91 Å². The van der Waals surface area contributed by atoms with Crippen LogP contribution in [0.1, 0.15) is 37.8 Å². The van der Waals surface area contributed by atoms with Crippen molar-refractivity contribution < 1.29 is 14.7 Å². The molecule has 0 atom stereocenters. The normalized spacial score (nSPS) is 14.3. The zero-order valence-electron chi connectivity index (χ0n) is 10.7. The van der Waals surface area contributed by atoms with E-state index in [1.165, 1.54) is 4.68 Å². The number of aromatic nitrogens is 3. The highest BCUT2D eigenvalue weighted by Crippen LogP contribution is 2.18.